The zero-order valence-electron chi connectivity index (χ0n) is 8.70. The summed E-state index contributed by atoms with van der Waals surface area (Å²) in [6.07, 6.45) is 4.47. The van der Waals surface area contributed by atoms with Gasteiger partial charge in [0.15, 0.2) is 0 Å². The minimum Gasteiger partial charge on any atom is -0.396 e. The van der Waals surface area contributed by atoms with Crippen molar-refractivity contribution in [2.75, 3.05) is 6.61 Å². The molecule has 1 aliphatic rings. The maximum absolute atomic E-state index is 9.69. The van der Waals surface area contributed by atoms with Crippen molar-refractivity contribution in [3.05, 3.63) is 12.2 Å². The average Bonchev–Trinajstić information content (AvgIpc) is 2.02. The molecule has 2 nitrogen and oxygen atoms in total. The second-order valence-electron chi connectivity index (χ2n) is 5.01. The molecular formula is C11H20O2. The predicted octanol–water partition coefficient (Wildman–Crippen LogP) is 1.58. The van der Waals surface area contributed by atoms with Crippen molar-refractivity contribution in [1.82, 2.24) is 0 Å². The quantitative estimate of drug-likeness (QED) is 0.607. The van der Waals surface area contributed by atoms with Crippen molar-refractivity contribution in [2.24, 2.45) is 17.3 Å². The first kappa shape index (κ1) is 10.7. The molecular weight excluding hydrogens is 164 g/mol. The molecule has 1 rings (SSSR count). The van der Waals surface area contributed by atoms with Crippen molar-refractivity contribution < 1.29 is 10.2 Å². The summed E-state index contributed by atoms with van der Waals surface area (Å²) in [5.74, 6) is 0.365. The molecule has 0 saturated carbocycles. The van der Waals surface area contributed by atoms with Crippen LogP contribution in [0.1, 0.15) is 27.2 Å². The lowest BCUT2D eigenvalue weighted by Gasteiger charge is -2.35. The second-order valence-corrected chi connectivity index (χ2v) is 5.01. The van der Waals surface area contributed by atoms with E-state index in [1.807, 2.05) is 6.08 Å². The fourth-order valence-corrected chi connectivity index (χ4v) is 1.74. The molecule has 76 valence electrons. The smallest absolute Gasteiger partial charge is 0.0630 e. The predicted molar refractivity (Wildman–Crippen MR) is 53.3 cm³/mol. The molecule has 13 heavy (non-hydrogen) atoms. The Labute approximate surface area is 80.3 Å². The Morgan fingerprint density at radius 3 is 2.31 bits per heavy atom. The van der Waals surface area contributed by atoms with Gasteiger partial charge in [0, 0.05) is 5.92 Å². The van der Waals surface area contributed by atoms with E-state index >= 15 is 0 Å². The normalized spacial score (nSPS) is 35.0. The first-order valence-electron chi connectivity index (χ1n) is 4.92. The number of hydrogen-bond donors (Lipinski definition) is 2. The Kier molecular flexibility index (Phi) is 3.14. The fourth-order valence-electron chi connectivity index (χ4n) is 1.74. The van der Waals surface area contributed by atoms with Gasteiger partial charge in [0.25, 0.3) is 0 Å². The molecule has 0 fully saturated rings. The van der Waals surface area contributed by atoms with Gasteiger partial charge in [-0.25, -0.2) is 0 Å². The highest BCUT2D eigenvalue weighted by molar-refractivity contribution is 5.04. The Hall–Kier alpha value is -0.340. The summed E-state index contributed by atoms with van der Waals surface area (Å²) in [6.45, 7) is 6.57. The zero-order valence-corrected chi connectivity index (χ0v) is 8.70. The first-order chi connectivity index (χ1) is 5.95. The van der Waals surface area contributed by atoms with Gasteiger partial charge in [0.05, 0.1) is 12.7 Å². The maximum Gasteiger partial charge on any atom is 0.0630 e. The average molecular weight is 184 g/mol. The number of allylic oxidation sites excluding steroid dienone is 1. The van der Waals surface area contributed by atoms with Crippen LogP contribution in [0.2, 0.25) is 0 Å². The summed E-state index contributed by atoms with van der Waals surface area (Å²) in [7, 11) is 0. The molecule has 0 saturated heterocycles. The third-order valence-corrected chi connectivity index (χ3v) is 2.90. The maximum atomic E-state index is 9.69. The van der Waals surface area contributed by atoms with Crippen LogP contribution in [0.25, 0.3) is 0 Å². The molecule has 1 unspecified atom stereocenters. The van der Waals surface area contributed by atoms with E-state index in [0.717, 1.165) is 6.42 Å². The van der Waals surface area contributed by atoms with Crippen molar-refractivity contribution >= 4 is 0 Å². The minimum absolute atomic E-state index is 0.0501. The van der Waals surface area contributed by atoms with E-state index < -0.39 is 0 Å². The van der Waals surface area contributed by atoms with E-state index in [1.165, 1.54) is 0 Å². The molecule has 3 atom stereocenters. The molecule has 0 spiro atoms. The number of rotatable bonds is 1. The minimum atomic E-state index is -0.376. The van der Waals surface area contributed by atoms with Gasteiger partial charge in [-0.3, -0.25) is 0 Å². The van der Waals surface area contributed by atoms with E-state index in [0.29, 0.717) is 5.92 Å². The van der Waals surface area contributed by atoms with E-state index in [2.05, 4.69) is 26.8 Å². The Morgan fingerprint density at radius 2 is 1.92 bits per heavy atom. The zero-order chi connectivity index (χ0) is 10.1. The molecule has 0 aromatic carbocycles. The summed E-state index contributed by atoms with van der Waals surface area (Å²) in [6, 6.07) is 0. The van der Waals surface area contributed by atoms with Crippen LogP contribution in [-0.2, 0) is 0 Å². The van der Waals surface area contributed by atoms with Gasteiger partial charge in [-0.15, -0.1) is 0 Å². The van der Waals surface area contributed by atoms with E-state index in [9.17, 15) is 5.11 Å². The van der Waals surface area contributed by atoms with Crippen LogP contribution < -0.4 is 0 Å². The lowest BCUT2D eigenvalue weighted by atomic mass is 9.73. The highest BCUT2D eigenvalue weighted by atomic mass is 16.3. The van der Waals surface area contributed by atoms with Gasteiger partial charge in [-0.1, -0.05) is 32.9 Å². The van der Waals surface area contributed by atoms with Gasteiger partial charge in [-0.2, -0.15) is 0 Å². The SMILES string of the molecule is CC(C)(C)[C@@H]1C=C[C@H](CO)C(O)C1. The third-order valence-electron chi connectivity index (χ3n) is 2.90. The van der Waals surface area contributed by atoms with Crippen LogP contribution in [-0.4, -0.2) is 22.9 Å². The van der Waals surface area contributed by atoms with Crippen molar-refractivity contribution in [1.29, 1.82) is 0 Å². The standard InChI is InChI=1S/C11H20O2/c1-11(2,3)9-5-4-8(7-12)10(13)6-9/h4-5,8-10,12-13H,6-7H2,1-3H3/t8-,9-,10?/m1/s1. The van der Waals surface area contributed by atoms with Gasteiger partial charge in [-0.05, 0) is 17.8 Å². The van der Waals surface area contributed by atoms with Gasteiger partial charge in [0.1, 0.15) is 0 Å². The highest BCUT2D eigenvalue weighted by Crippen LogP contribution is 2.35. The van der Waals surface area contributed by atoms with E-state index in [4.69, 9.17) is 5.11 Å². The van der Waals surface area contributed by atoms with Crippen LogP contribution >= 0.6 is 0 Å². The van der Waals surface area contributed by atoms with Gasteiger partial charge in [0.2, 0.25) is 0 Å². The van der Waals surface area contributed by atoms with Gasteiger partial charge >= 0.3 is 0 Å². The molecule has 2 N–H and O–H groups in total. The molecule has 0 aromatic heterocycles. The van der Waals surface area contributed by atoms with Crippen LogP contribution in [0.3, 0.4) is 0 Å². The lowest BCUT2D eigenvalue weighted by molar-refractivity contribution is 0.0510. The van der Waals surface area contributed by atoms with Crippen molar-refractivity contribution in [2.45, 2.75) is 33.3 Å². The molecule has 0 aliphatic heterocycles. The number of aliphatic hydroxyl groups is 2. The summed E-state index contributed by atoms with van der Waals surface area (Å²) >= 11 is 0. The van der Waals surface area contributed by atoms with Crippen LogP contribution in [0.15, 0.2) is 12.2 Å². The Balaban J connectivity index is 2.67. The monoisotopic (exact) mass is 184 g/mol. The molecule has 2 heteroatoms. The summed E-state index contributed by atoms with van der Waals surface area (Å²) < 4.78 is 0. The van der Waals surface area contributed by atoms with Gasteiger partial charge < -0.3 is 10.2 Å². The summed E-state index contributed by atoms with van der Waals surface area (Å²) in [4.78, 5) is 0. The second kappa shape index (κ2) is 3.81. The Bertz CT molecular complexity index is 191. The number of hydrogen-bond acceptors (Lipinski definition) is 2. The molecule has 1 aliphatic carbocycles. The fraction of sp³-hybridized carbons (Fsp3) is 0.818. The highest BCUT2D eigenvalue weighted by Gasteiger charge is 2.30. The first-order valence-corrected chi connectivity index (χ1v) is 4.92. The van der Waals surface area contributed by atoms with Crippen LogP contribution in [0.4, 0.5) is 0 Å². The topological polar surface area (TPSA) is 40.5 Å². The van der Waals surface area contributed by atoms with E-state index in [1.54, 1.807) is 0 Å². The molecule has 0 aromatic rings. The number of aliphatic hydroxyl groups excluding tert-OH is 2. The third kappa shape index (κ3) is 2.55. The van der Waals surface area contributed by atoms with Crippen LogP contribution in [0, 0.1) is 17.3 Å². The molecule has 0 radical (unpaired) electrons. The summed E-state index contributed by atoms with van der Waals surface area (Å²) in [5, 5.41) is 18.6. The summed E-state index contributed by atoms with van der Waals surface area (Å²) in [5.41, 5.74) is 0.206. The molecule has 0 amide bonds. The largest absolute Gasteiger partial charge is 0.396 e. The molecule has 0 heterocycles. The van der Waals surface area contributed by atoms with Crippen molar-refractivity contribution in [3.8, 4) is 0 Å². The van der Waals surface area contributed by atoms with Crippen molar-refractivity contribution in [3.63, 3.8) is 0 Å². The van der Waals surface area contributed by atoms with E-state index in [-0.39, 0.29) is 24.0 Å². The Morgan fingerprint density at radius 1 is 1.31 bits per heavy atom. The van der Waals surface area contributed by atoms with Crippen LogP contribution in [0.5, 0.6) is 0 Å². The molecule has 0 bridgehead atoms. The lowest BCUT2D eigenvalue weighted by Crippen LogP contribution is -2.33.